The van der Waals surface area contributed by atoms with Crippen LogP contribution in [0, 0.1) is 17.7 Å². The molecule has 168 valence electrons. The van der Waals surface area contributed by atoms with E-state index in [0.717, 1.165) is 37.2 Å². The fourth-order valence-electron chi connectivity index (χ4n) is 5.88. The molecule has 2 fully saturated rings. The molecule has 0 nitrogen and oxygen atoms in total. The van der Waals surface area contributed by atoms with Gasteiger partial charge in [-0.25, -0.2) is 4.39 Å². The monoisotopic (exact) mass is 424 g/mol. The Bertz CT molecular complexity index is 809. The van der Waals surface area contributed by atoms with Crippen molar-refractivity contribution in [2.24, 2.45) is 11.8 Å². The minimum absolute atomic E-state index is 0.0955. The maximum Gasteiger partial charge on any atom is 0.131 e. The predicted molar refractivity (Wildman–Crippen MR) is 127 cm³/mol. The van der Waals surface area contributed by atoms with E-state index in [9.17, 15) is 4.39 Å². The van der Waals surface area contributed by atoms with Crippen LogP contribution in [0.15, 0.2) is 42.5 Å². The van der Waals surface area contributed by atoms with Gasteiger partial charge >= 0.3 is 0 Å². The van der Waals surface area contributed by atoms with Crippen LogP contribution < -0.4 is 0 Å². The molecule has 0 atom stereocenters. The number of rotatable bonds is 7. The van der Waals surface area contributed by atoms with E-state index in [4.69, 9.17) is 0 Å². The molecule has 2 aliphatic rings. The molecule has 31 heavy (non-hydrogen) atoms. The van der Waals surface area contributed by atoms with Gasteiger partial charge in [0.2, 0.25) is 0 Å². The number of hydrogen-bond acceptors (Lipinski definition) is 0. The molecule has 0 radical (unpaired) electrons. The molecule has 0 N–H and O–H groups in total. The van der Waals surface area contributed by atoms with Gasteiger partial charge in [0, 0.05) is 5.56 Å². The highest BCUT2D eigenvalue weighted by molar-refractivity contribution is 5.65. The number of unbranched alkanes of at least 4 members (excludes halogenated alkanes) is 1. The number of alkyl halides is 1. The van der Waals surface area contributed by atoms with Crippen molar-refractivity contribution in [2.45, 2.75) is 89.4 Å². The second-order valence-electron chi connectivity index (χ2n) is 10.1. The fourth-order valence-corrected chi connectivity index (χ4v) is 5.88. The van der Waals surface area contributed by atoms with Crippen molar-refractivity contribution in [3.63, 3.8) is 0 Å². The minimum Gasteiger partial charge on any atom is -0.251 e. The van der Waals surface area contributed by atoms with Crippen LogP contribution in [-0.2, 0) is 0 Å². The zero-order valence-electron chi connectivity index (χ0n) is 19.1. The Labute approximate surface area is 187 Å². The molecule has 0 amide bonds. The Balaban J connectivity index is 1.38. The summed E-state index contributed by atoms with van der Waals surface area (Å²) in [4.78, 5) is 0. The Morgan fingerprint density at radius 2 is 1.32 bits per heavy atom. The van der Waals surface area contributed by atoms with Crippen molar-refractivity contribution in [1.82, 2.24) is 0 Å². The molecule has 0 aromatic heterocycles. The highest BCUT2D eigenvalue weighted by Crippen LogP contribution is 2.39. The first-order valence-corrected chi connectivity index (χ1v) is 12.6. The second-order valence-corrected chi connectivity index (χ2v) is 10.1. The zero-order chi connectivity index (χ0) is 21.6. The van der Waals surface area contributed by atoms with Gasteiger partial charge in [0.05, 0.1) is 6.67 Å². The lowest BCUT2D eigenvalue weighted by atomic mass is 9.77. The summed E-state index contributed by atoms with van der Waals surface area (Å²) in [6, 6.07) is 14.4. The van der Waals surface area contributed by atoms with Gasteiger partial charge in [0.1, 0.15) is 5.82 Å². The minimum atomic E-state index is -0.179. The zero-order valence-corrected chi connectivity index (χ0v) is 19.1. The van der Waals surface area contributed by atoms with E-state index >= 15 is 4.39 Å². The molecule has 0 spiro atoms. The van der Waals surface area contributed by atoms with Crippen molar-refractivity contribution in [1.29, 1.82) is 0 Å². The largest absolute Gasteiger partial charge is 0.251 e. The van der Waals surface area contributed by atoms with E-state index in [0.29, 0.717) is 17.4 Å². The molecule has 4 rings (SSSR count). The summed E-state index contributed by atoms with van der Waals surface area (Å²) in [6.07, 6.45) is 13.1. The van der Waals surface area contributed by atoms with E-state index in [1.165, 1.54) is 56.1 Å². The lowest BCUT2D eigenvalue weighted by Gasteiger charge is -2.29. The Kier molecular flexibility index (Phi) is 7.80. The number of halogens is 2. The lowest BCUT2D eigenvalue weighted by Crippen LogP contribution is -2.14. The molecular formula is C29H38F2. The maximum atomic E-state index is 15.0. The van der Waals surface area contributed by atoms with Gasteiger partial charge in [0.15, 0.2) is 0 Å². The van der Waals surface area contributed by atoms with Crippen molar-refractivity contribution >= 4 is 0 Å². The molecule has 0 heterocycles. The Morgan fingerprint density at radius 1 is 0.742 bits per heavy atom. The molecule has 2 aromatic carbocycles. The average Bonchev–Trinajstić information content (AvgIpc) is 2.83. The van der Waals surface area contributed by atoms with Crippen LogP contribution in [0.3, 0.4) is 0 Å². The maximum absolute atomic E-state index is 15.0. The van der Waals surface area contributed by atoms with Gasteiger partial charge < -0.3 is 0 Å². The van der Waals surface area contributed by atoms with Gasteiger partial charge in [-0.15, -0.1) is 0 Å². The third-order valence-electron chi connectivity index (χ3n) is 8.04. The summed E-state index contributed by atoms with van der Waals surface area (Å²) in [5.41, 5.74) is 4.15. The highest BCUT2D eigenvalue weighted by atomic mass is 19.1. The Hall–Kier alpha value is -1.70. The summed E-state index contributed by atoms with van der Waals surface area (Å²) in [5, 5.41) is 0. The lowest BCUT2D eigenvalue weighted by molar-refractivity contribution is 0.263. The van der Waals surface area contributed by atoms with Crippen LogP contribution in [0.5, 0.6) is 0 Å². The summed E-state index contributed by atoms with van der Waals surface area (Å²) >= 11 is 0. The van der Waals surface area contributed by atoms with Crippen molar-refractivity contribution in [2.75, 3.05) is 6.67 Å². The first-order valence-electron chi connectivity index (χ1n) is 12.6. The third-order valence-corrected chi connectivity index (χ3v) is 8.04. The molecule has 2 aromatic rings. The SMILES string of the molecule is CCCC[C@H]1CC[C@H](c2ccc(-c3ccc([C@H]4CC[C@H](CF)CC4)cc3)c(F)c2)CC1. The molecule has 2 saturated carbocycles. The van der Waals surface area contributed by atoms with Crippen molar-refractivity contribution in [3.8, 4) is 11.1 Å². The summed E-state index contributed by atoms with van der Waals surface area (Å²) < 4.78 is 27.9. The fraction of sp³-hybridized carbons (Fsp3) is 0.586. The van der Waals surface area contributed by atoms with Crippen LogP contribution in [0.25, 0.3) is 11.1 Å². The van der Waals surface area contributed by atoms with Crippen molar-refractivity contribution in [3.05, 3.63) is 59.4 Å². The van der Waals surface area contributed by atoms with Crippen LogP contribution in [0.2, 0.25) is 0 Å². The molecule has 0 aliphatic heterocycles. The smallest absolute Gasteiger partial charge is 0.131 e. The number of benzene rings is 2. The van der Waals surface area contributed by atoms with Gasteiger partial charge in [-0.3, -0.25) is 4.39 Å². The standard InChI is InChI=1S/C29H38F2/c1-2-3-4-21-5-9-25(10-6-21)27-17-18-28(29(31)19-27)26-15-13-24(14-16-26)23-11-7-22(20-30)8-12-23/h13-19,21-23,25H,2-12,20H2,1H3/t21-,22-,23-,25-. The summed E-state index contributed by atoms with van der Waals surface area (Å²) in [6.45, 7) is 2.09. The summed E-state index contributed by atoms with van der Waals surface area (Å²) in [7, 11) is 0. The topological polar surface area (TPSA) is 0 Å². The van der Waals surface area contributed by atoms with Crippen LogP contribution in [0.4, 0.5) is 8.78 Å². The van der Waals surface area contributed by atoms with Crippen LogP contribution in [0.1, 0.15) is 101 Å². The predicted octanol–water partition coefficient (Wildman–Crippen LogP) is 9.20. The molecule has 2 aliphatic carbocycles. The first kappa shape index (κ1) is 22.5. The molecule has 0 unspecified atom stereocenters. The molecule has 2 heteroatoms. The van der Waals surface area contributed by atoms with Gasteiger partial charge in [0.25, 0.3) is 0 Å². The quantitative estimate of drug-likeness (QED) is 0.415. The van der Waals surface area contributed by atoms with Crippen LogP contribution in [-0.4, -0.2) is 6.67 Å². The third kappa shape index (κ3) is 5.57. The number of hydrogen-bond donors (Lipinski definition) is 0. The average molecular weight is 425 g/mol. The van der Waals surface area contributed by atoms with Crippen molar-refractivity contribution < 1.29 is 8.78 Å². The van der Waals surface area contributed by atoms with Gasteiger partial charge in [-0.05, 0) is 97.8 Å². The Morgan fingerprint density at radius 3 is 1.90 bits per heavy atom. The molecule has 0 bridgehead atoms. The highest BCUT2D eigenvalue weighted by Gasteiger charge is 2.24. The van der Waals surface area contributed by atoms with E-state index in [2.05, 4.69) is 37.3 Å². The van der Waals surface area contributed by atoms with Crippen LogP contribution >= 0.6 is 0 Å². The van der Waals surface area contributed by atoms with Gasteiger partial charge in [-0.1, -0.05) is 62.6 Å². The second kappa shape index (κ2) is 10.7. The van der Waals surface area contributed by atoms with Gasteiger partial charge in [-0.2, -0.15) is 0 Å². The van der Waals surface area contributed by atoms with E-state index < -0.39 is 0 Å². The first-order chi connectivity index (χ1) is 15.2. The molecule has 0 saturated heterocycles. The van der Waals surface area contributed by atoms with E-state index in [-0.39, 0.29) is 18.4 Å². The normalized spacial score (nSPS) is 26.7. The summed E-state index contributed by atoms with van der Waals surface area (Å²) in [5.74, 6) is 2.09. The molecular weight excluding hydrogens is 386 g/mol. The van der Waals surface area contributed by atoms with E-state index in [1.807, 2.05) is 6.07 Å². The van der Waals surface area contributed by atoms with E-state index in [1.54, 1.807) is 6.07 Å².